The third-order valence-corrected chi connectivity index (χ3v) is 3.72. The molecule has 1 N–H and O–H groups in total. The summed E-state index contributed by atoms with van der Waals surface area (Å²) in [7, 11) is 1.63. The van der Waals surface area contributed by atoms with E-state index in [-0.39, 0.29) is 17.2 Å². The number of hydrogen-bond donors (Lipinski definition) is 1. The van der Waals surface area contributed by atoms with Crippen LogP contribution in [0.25, 0.3) is 11.3 Å². The third kappa shape index (κ3) is 3.74. The quantitative estimate of drug-likeness (QED) is 0.697. The van der Waals surface area contributed by atoms with Crippen molar-refractivity contribution < 1.29 is 22.4 Å². The van der Waals surface area contributed by atoms with E-state index in [1.54, 1.807) is 19.2 Å². The van der Waals surface area contributed by atoms with E-state index < -0.39 is 17.6 Å². The maximum Gasteiger partial charge on any atom is 0.416 e. The lowest BCUT2D eigenvalue weighted by atomic mass is 10.1. The Morgan fingerprint density at radius 2 is 1.65 bits per heavy atom. The van der Waals surface area contributed by atoms with E-state index >= 15 is 0 Å². The van der Waals surface area contributed by atoms with Gasteiger partial charge in [0, 0.05) is 12.7 Å². The molecule has 0 aliphatic heterocycles. The van der Waals surface area contributed by atoms with Crippen LogP contribution in [0.4, 0.5) is 23.2 Å². The SMILES string of the molecule is Cn1nc(C(=O)Nc2ccc(C(F)(F)F)cc2)cc1-c1ccc(F)cc1. The lowest BCUT2D eigenvalue weighted by Gasteiger charge is -2.08. The van der Waals surface area contributed by atoms with Gasteiger partial charge in [0.25, 0.3) is 5.91 Å². The molecule has 1 aromatic heterocycles. The Hall–Kier alpha value is -3.16. The zero-order valence-electron chi connectivity index (χ0n) is 13.5. The Kier molecular flexibility index (Phi) is 4.50. The number of nitrogens with zero attached hydrogens (tertiary/aromatic N) is 2. The van der Waals surface area contributed by atoms with Crippen LogP contribution in [0.15, 0.2) is 54.6 Å². The number of rotatable bonds is 3. The molecular weight excluding hydrogens is 350 g/mol. The number of aromatic nitrogens is 2. The number of carbonyl (C=O) groups excluding carboxylic acids is 1. The van der Waals surface area contributed by atoms with E-state index in [0.29, 0.717) is 11.3 Å². The van der Waals surface area contributed by atoms with Crippen molar-refractivity contribution in [3.63, 3.8) is 0 Å². The van der Waals surface area contributed by atoms with Gasteiger partial charge in [-0.3, -0.25) is 9.48 Å². The molecule has 0 aliphatic carbocycles. The van der Waals surface area contributed by atoms with Crippen molar-refractivity contribution in [3.8, 4) is 11.3 Å². The van der Waals surface area contributed by atoms with Gasteiger partial charge in [-0.2, -0.15) is 18.3 Å². The predicted octanol–water partition coefficient (Wildman–Crippen LogP) is 4.50. The van der Waals surface area contributed by atoms with E-state index in [0.717, 1.165) is 12.1 Å². The zero-order valence-corrected chi connectivity index (χ0v) is 13.5. The lowest BCUT2D eigenvalue weighted by Crippen LogP contribution is -2.13. The Bertz CT molecular complexity index is 929. The Labute approximate surface area is 146 Å². The number of carbonyl (C=O) groups is 1. The van der Waals surface area contributed by atoms with E-state index in [1.165, 1.54) is 35.0 Å². The summed E-state index contributed by atoms with van der Waals surface area (Å²) in [5.74, 6) is -0.940. The molecular formula is C18H13F4N3O. The first kappa shape index (κ1) is 17.7. The summed E-state index contributed by atoms with van der Waals surface area (Å²) in [5, 5.41) is 6.59. The first-order chi connectivity index (χ1) is 12.2. The first-order valence-corrected chi connectivity index (χ1v) is 7.52. The molecule has 0 unspecified atom stereocenters. The second kappa shape index (κ2) is 6.62. The summed E-state index contributed by atoms with van der Waals surface area (Å²) in [6, 6.07) is 11.3. The third-order valence-electron chi connectivity index (χ3n) is 3.72. The maximum atomic E-state index is 13.0. The molecule has 0 atom stereocenters. The number of hydrogen-bond acceptors (Lipinski definition) is 2. The lowest BCUT2D eigenvalue weighted by molar-refractivity contribution is -0.137. The first-order valence-electron chi connectivity index (χ1n) is 7.52. The minimum Gasteiger partial charge on any atom is -0.321 e. The molecule has 0 saturated heterocycles. The van der Waals surface area contributed by atoms with Gasteiger partial charge >= 0.3 is 6.18 Å². The molecule has 2 aromatic carbocycles. The standard InChI is InChI=1S/C18H13F4N3O/c1-25-16(11-2-6-13(19)7-3-11)10-15(24-25)17(26)23-14-8-4-12(5-9-14)18(20,21)22/h2-10H,1H3,(H,23,26). The highest BCUT2D eigenvalue weighted by Crippen LogP contribution is 2.30. The molecule has 0 radical (unpaired) electrons. The fraction of sp³-hybridized carbons (Fsp3) is 0.111. The van der Waals surface area contributed by atoms with E-state index in [4.69, 9.17) is 0 Å². The van der Waals surface area contributed by atoms with Gasteiger partial charge in [-0.1, -0.05) is 0 Å². The minimum absolute atomic E-state index is 0.0896. The Morgan fingerprint density at radius 3 is 2.23 bits per heavy atom. The van der Waals surface area contributed by atoms with Gasteiger partial charge in [-0.15, -0.1) is 0 Å². The van der Waals surface area contributed by atoms with Crippen LogP contribution in [-0.4, -0.2) is 15.7 Å². The van der Waals surface area contributed by atoms with Gasteiger partial charge in [0.15, 0.2) is 5.69 Å². The average Bonchev–Trinajstić information content (AvgIpc) is 2.97. The smallest absolute Gasteiger partial charge is 0.321 e. The summed E-state index contributed by atoms with van der Waals surface area (Å²) in [6.45, 7) is 0. The summed E-state index contributed by atoms with van der Waals surface area (Å²) in [6.07, 6.45) is -4.44. The Balaban J connectivity index is 1.78. The maximum absolute atomic E-state index is 13.0. The molecule has 3 rings (SSSR count). The fourth-order valence-corrected chi connectivity index (χ4v) is 2.41. The predicted molar refractivity (Wildman–Crippen MR) is 88.0 cm³/mol. The molecule has 26 heavy (non-hydrogen) atoms. The van der Waals surface area contributed by atoms with Crippen molar-refractivity contribution in [1.82, 2.24) is 9.78 Å². The van der Waals surface area contributed by atoms with Gasteiger partial charge < -0.3 is 5.32 Å². The Morgan fingerprint density at radius 1 is 1.04 bits per heavy atom. The number of nitrogens with one attached hydrogen (secondary N) is 1. The largest absolute Gasteiger partial charge is 0.416 e. The van der Waals surface area contributed by atoms with Crippen molar-refractivity contribution in [2.45, 2.75) is 6.18 Å². The average molecular weight is 363 g/mol. The number of anilines is 1. The zero-order chi connectivity index (χ0) is 18.9. The van der Waals surface area contributed by atoms with Crippen molar-refractivity contribution in [2.75, 3.05) is 5.32 Å². The van der Waals surface area contributed by atoms with Crippen LogP contribution in [-0.2, 0) is 13.2 Å². The van der Waals surface area contributed by atoms with Crippen LogP contribution in [0.2, 0.25) is 0 Å². The number of amides is 1. The van der Waals surface area contributed by atoms with Crippen LogP contribution in [0.5, 0.6) is 0 Å². The molecule has 0 bridgehead atoms. The van der Waals surface area contributed by atoms with Crippen LogP contribution < -0.4 is 5.32 Å². The molecule has 1 heterocycles. The van der Waals surface area contributed by atoms with Gasteiger partial charge in [-0.05, 0) is 60.2 Å². The highest BCUT2D eigenvalue weighted by Gasteiger charge is 2.30. The molecule has 3 aromatic rings. The van der Waals surface area contributed by atoms with Crippen LogP contribution in [0.1, 0.15) is 16.1 Å². The highest BCUT2D eigenvalue weighted by atomic mass is 19.4. The summed E-state index contributed by atoms with van der Waals surface area (Å²) < 4.78 is 52.2. The van der Waals surface area contributed by atoms with Gasteiger partial charge in [0.1, 0.15) is 5.82 Å². The minimum atomic E-state index is -4.44. The van der Waals surface area contributed by atoms with E-state index in [1.807, 2.05) is 0 Å². The van der Waals surface area contributed by atoms with Crippen molar-refractivity contribution in [2.24, 2.45) is 7.05 Å². The van der Waals surface area contributed by atoms with Crippen LogP contribution in [0, 0.1) is 5.82 Å². The van der Waals surface area contributed by atoms with E-state index in [2.05, 4.69) is 10.4 Å². The number of halogens is 4. The number of benzene rings is 2. The van der Waals surface area contributed by atoms with Crippen molar-refractivity contribution in [3.05, 3.63) is 71.7 Å². The van der Waals surface area contributed by atoms with Crippen LogP contribution >= 0.6 is 0 Å². The number of aryl methyl sites for hydroxylation is 1. The number of alkyl halides is 3. The summed E-state index contributed by atoms with van der Waals surface area (Å²) >= 11 is 0. The topological polar surface area (TPSA) is 46.9 Å². The molecule has 4 nitrogen and oxygen atoms in total. The van der Waals surface area contributed by atoms with E-state index in [9.17, 15) is 22.4 Å². The van der Waals surface area contributed by atoms with Crippen molar-refractivity contribution >= 4 is 11.6 Å². The molecule has 0 spiro atoms. The summed E-state index contributed by atoms with van der Waals surface area (Å²) in [4.78, 5) is 12.3. The molecule has 1 amide bonds. The molecule has 134 valence electrons. The van der Waals surface area contributed by atoms with Crippen molar-refractivity contribution in [1.29, 1.82) is 0 Å². The molecule has 0 fully saturated rings. The summed E-state index contributed by atoms with van der Waals surface area (Å²) in [5.41, 5.74) is 0.785. The normalized spacial score (nSPS) is 11.4. The molecule has 8 heteroatoms. The highest BCUT2D eigenvalue weighted by molar-refractivity contribution is 6.03. The second-order valence-electron chi connectivity index (χ2n) is 5.57. The van der Waals surface area contributed by atoms with Gasteiger partial charge in [-0.25, -0.2) is 4.39 Å². The van der Waals surface area contributed by atoms with Crippen LogP contribution in [0.3, 0.4) is 0 Å². The second-order valence-corrected chi connectivity index (χ2v) is 5.57. The fourth-order valence-electron chi connectivity index (χ4n) is 2.41. The molecule has 0 saturated carbocycles. The van der Waals surface area contributed by atoms with Gasteiger partial charge in [0.05, 0.1) is 11.3 Å². The monoisotopic (exact) mass is 363 g/mol. The van der Waals surface area contributed by atoms with Gasteiger partial charge in [0.2, 0.25) is 0 Å². The molecule has 0 aliphatic rings.